The maximum atomic E-state index is 12.4. The van der Waals surface area contributed by atoms with Crippen molar-refractivity contribution < 1.29 is 14.3 Å². The van der Waals surface area contributed by atoms with Crippen LogP contribution in [0.15, 0.2) is 47.6 Å². The van der Waals surface area contributed by atoms with E-state index >= 15 is 0 Å². The van der Waals surface area contributed by atoms with Gasteiger partial charge in [0, 0.05) is 12.1 Å². The van der Waals surface area contributed by atoms with Gasteiger partial charge < -0.3 is 19.4 Å². The van der Waals surface area contributed by atoms with Crippen molar-refractivity contribution in [1.82, 2.24) is 14.8 Å². The molecule has 3 aromatic rings. The molecule has 0 aliphatic rings. The molecule has 0 atom stereocenters. The molecule has 2 aromatic carbocycles. The fraction of sp³-hybridized carbons (Fsp3) is 0.250. The van der Waals surface area contributed by atoms with E-state index < -0.39 is 0 Å². The van der Waals surface area contributed by atoms with Crippen molar-refractivity contribution in [2.24, 2.45) is 7.05 Å². The zero-order chi connectivity index (χ0) is 20.8. The molecule has 0 spiro atoms. The van der Waals surface area contributed by atoms with Gasteiger partial charge in [-0.1, -0.05) is 35.5 Å². The van der Waals surface area contributed by atoms with Crippen LogP contribution in [0.25, 0.3) is 11.4 Å². The number of para-hydroxylation sites is 1. The number of hydrogen-bond donors (Lipinski definition) is 1. The van der Waals surface area contributed by atoms with E-state index in [0.717, 1.165) is 11.3 Å². The highest BCUT2D eigenvalue weighted by molar-refractivity contribution is 7.99. The molecule has 7 nitrogen and oxygen atoms in total. The lowest BCUT2D eigenvalue weighted by Crippen LogP contribution is -2.15. The summed E-state index contributed by atoms with van der Waals surface area (Å²) in [6.45, 7) is 2.49. The van der Waals surface area contributed by atoms with E-state index in [1.165, 1.54) is 18.9 Å². The Kier molecular flexibility index (Phi) is 7.00. The summed E-state index contributed by atoms with van der Waals surface area (Å²) in [5, 5.41) is 12.4. The Hall–Kier alpha value is -2.71. The standard InChI is InChI=1S/C20H21ClN4O3S/c1-4-28-16-8-6-5-7-14(16)19-23-24-20(25(19)2)29-12-18(26)22-15-11-13(21)9-10-17(15)27-3/h5-11H,4,12H2,1-3H3,(H,22,26). The molecule has 0 saturated carbocycles. The molecule has 1 amide bonds. The third-order valence-corrected chi connectivity index (χ3v) is 5.29. The third-order valence-electron chi connectivity index (χ3n) is 4.03. The molecule has 0 aliphatic heterocycles. The molecular formula is C20H21ClN4O3S. The summed E-state index contributed by atoms with van der Waals surface area (Å²) < 4.78 is 12.8. The summed E-state index contributed by atoms with van der Waals surface area (Å²) in [5.41, 5.74) is 1.37. The lowest BCUT2D eigenvalue weighted by atomic mass is 10.2. The van der Waals surface area contributed by atoms with Gasteiger partial charge in [0.2, 0.25) is 5.91 Å². The largest absolute Gasteiger partial charge is 0.495 e. The van der Waals surface area contributed by atoms with Crippen molar-refractivity contribution in [1.29, 1.82) is 0 Å². The average molecular weight is 433 g/mol. The second-order valence-electron chi connectivity index (χ2n) is 5.98. The number of nitrogens with zero attached hydrogens (tertiary/aromatic N) is 3. The first-order chi connectivity index (χ1) is 14.0. The van der Waals surface area contributed by atoms with Crippen LogP contribution in [0.5, 0.6) is 11.5 Å². The van der Waals surface area contributed by atoms with Crippen LogP contribution in [0.3, 0.4) is 0 Å². The van der Waals surface area contributed by atoms with Crippen LogP contribution in [0.1, 0.15) is 6.92 Å². The molecule has 0 unspecified atom stereocenters. The number of amides is 1. The lowest BCUT2D eigenvalue weighted by Gasteiger charge is -2.11. The van der Waals surface area contributed by atoms with Gasteiger partial charge in [0.1, 0.15) is 11.5 Å². The Labute approximate surface area is 178 Å². The molecule has 3 rings (SSSR count). The Morgan fingerprint density at radius 3 is 2.76 bits per heavy atom. The summed E-state index contributed by atoms with van der Waals surface area (Å²) in [7, 11) is 3.40. The predicted molar refractivity (Wildman–Crippen MR) is 115 cm³/mol. The maximum Gasteiger partial charge on any atom is 0.234 e. The van der Waals surface area contributed by atoms with Crippen LogP contribution < -0.4 is 14.8 Å². The number of ether oxygens (including phenoxy) is 2. The van der Waals surface area contributed by atoms with Crippen LogP contribution >= 0.6 is 23.4 Å². The van der Waals surface area contributed by atoms with Crippen molar-refractivity contribution in [3.8, 4) is 22.9 Å². The van der Waals surface area contributed by atoms with E-state index in [2.05, 4.69) is 15.5 Å². The number of benzene rings is 2. The van der Waals surface area contributed by atoms with E-state index in [0.29, 0.717) is 34.0 Å². The van der Waals surface area contributed by atoms with Gasteiger partial charge in [-0.3, -0.25) is 4.79 Å². The first-order valence-electron chi connectivity index (χ1n) is 8.91. The number of carbonyl (C=O) groups excluding carboxylic acids is 1. The number of aromatic nitrogens is 3. The highest BCUT2D eigenvalue weighted by Crippen LogP contribution is 2.31. The van der Waals surface area contributed by atoms with Crippen LogP contribution in [0.2, 0.25) is 5.02 Å². The Balaban J connectivity index is 1.70. The number of nitrogens with one attached hydrogen (secondary N) is 1. The second kappa shape index (κ2) is 9.67. The van der Waals surface area contributed by atoms with Gasteiger partial charge >= 0.3 is 0 Å². The first-order valence-corrected chi connectivity index (χ1v) is 10.3. The summed E-state index contributed by atoms with van der Waals surface area (Å²) >= 11 is 7.29. The lowest BCUT2D eigenvalue weighted by molar-refractivity contribution is -0.113. The molecule has 0 radical (unpaired) electrons. The van der Waals surface area contributed by atoms with Gasteiger partial charge in [0.15, 0.2) is 11.0 Å². The maximum absolute atomic E-state index is 12.4. The Bertz CT molecular complexity index is 1010. The molecule has 152 valence electrons. The van der Waals surface area contributed by atoms with Crippen molar-refractivity contribution in [3.05, 3.63) is 47.5 Å². The molecule has 9 heteroatoms. The molecule has 29 heavy (non-hydrogen) atoms. The number of rotatable bonds is 8. The molecule has 0 bridgehead atoms. The van der Waals surface area contributed by atoms with Crippen LogP contribution in [-0.2, 0) is 11.8 Å². The van der Waals surface area contributed by atoms with Gasteiger partial charge in [-0.25, -0.2) is 0 Å². The molecule has 1 heterocycles. The summed E-state index contributed by atoms with van der Waals surface area (Å²) in [4.78, 5) is 12.4. The van der Waals surface area contributed by atoms with Gasteiger partial charge in [-0.05, 0) is 37.3 Å². The average Bonchev–Trinajstić information content (AvgIpc) is 3.07. The molecular weight excluding hydrogens is 412 g/mol. The van der Waals surface area contributed by atoms with Gasteiger partial charge in [-0.15, -0.1) is 10.2 Å². The fourth-order valence-electron chi connectivity index (χ4n) is 2.70. The number of thioether (sulfide) groups is 1. The predicted octanol–water partition coefficient (Wildman–Crippen LogP) is 4.27. The minimum atomic E-state index is -0.199. The Morgan fingerprint density at radius 1 is 1.21 bits per heavy atom. The zero-order valence-electron chi connectivity index (χ0n) is 16.3. The number of carbonyl (C=O) groups is 1. The topological polar surface area (TPSA) is 78.3 Å². The first kappa shape index (κ1) is 21.0. The van der Waals surface area contributed by atoms with Crippen LogP contribution in [-0.4, -0.2) is 40.1 Å². The van der Waals surface area contributed by atoms with E-state index in [9.17, 15) is 4.79 Å². The number of methoxy groups -OCH3 is 1. The van der Waals surface area contributed by atoms with Crippen LogP contribution in [0.4, 0.5) is 5.69 Å². The van der Waals surface area contributed by atoms with Crippen molar-refractivity contribution in [3.63, 3.8) is 0 Å². The smallest absolute Gasteiger partial charge is 0.234 e. The number of hydrogen-bond acceptors (Lipinski definition) is 6. The monoisotopic (exact) mass is 432 g/mol. The fourth-order valence-corrected chi connectivity index (χ4v) is 3.59. The molecule has 0 fully saturated rings. The number of anilines is 1. The molecule has 1 aromatic heterocycles. The zero-order valence-corrected chi connectivity index (χ0v) is 17.9. The molecule has 0 aliphatic carbocycles. The van der Waals surface area contributed by atoms with Gasteiger partial charge in [0.25, 0.3) is 0 Å². The quantitative estimate of drug-likeness (QED) is 0.535. The minimum absolute atomic E-state index is 0.161. The van der Waals surface area contributed by atoms with Crippen molar-refractivity contribution in [2.45, 2.75) is 12.1 Å². The van der Waals surface area contributed by atoms with E-state index in [-0.39, 0.29) is 11.7 Å². The third kappa shape index (κ3) is 5.02. The van der Waals surface area contributed by atoms with Crippen molar-refractivity contribution in [2.75, 3.05) is 24.8 Å². The Morgan fingerprint density at radius 2 is 2.00 bits per heavy atom. The SMILES string of the molecule is CCOc1ccccc1-c1nnc(SCC(=O)Nc2cc(Cl)ccc2OC)n1C. The van der Waals surface area contributed by atoms with E-state index in [1.54, 1.807) is 18.2 Å². The minimum Gasteiger partial charge on any atom is -0.495 e. The molecule has 0 saturated heterocycles. The highest BCUT2D eigenvalue weighted by Gasteiger charge is 2.16. The van der Waals surface area contributed by atoms with Crippen LogP contribution in [0, 0.1) is 0 Å². The summed E-state index contributed by atoms with van der Waals surface area (Å²) in [5.74, 6) is 1.92. The number of halogens is 1. The molecule has 1 N–H and O–H groups in total. The van der Waals surface area contributed by atoms with E-state index in [1.807, 2.05) is 42.8 Å². The second-order valence-corrected chi connectivity index (χ2v) is 7.35. The highest BCUT2D eigenvalue weighted by atomic mass is 35.5. The summed E-state index contributed by atoms with van der Waals surface area (Å²) in [6, 6.07) is 12.7. The summed E-state index contributed by atoms with van der Waals surface area (Å²) in [6.07, 6.45) is 0. The van der Waals surface area contributed by atoms with Gasteiger partial charge in [-0.2, -0.15) is 0 Å². The normalized spacial score (nSPS) is 10.6. The van der Waals surface area contributed by atoms with Crippen molar-refractivity contribution >= 4 is 35.0 Å². The van der Waals surface area contributed by atoms with Gasteiger partial charge in [0.05, 0.1) is 30.7 Å². The van der Waals surface area contributed by atoms with E-state index in [4.69, 9.17) is 21.1 Å².